The largest absolute Gasteiger partial charge is 0.491 e. The van der Waals surface area contributed by atoms with Crippen molar-refractivity contribution in [3.63, 3.8) is 0 Å². The van der Waals surface area contributed by atoms with Gasteiger partial charge in [-0.15, -0.1) is 0 Å². The maximum atomic E-state index is 12.8. The number of carbonyl (C=O) groups is 3. The lowest BCUT2D eigenvalue weighted by Crippen LogP contribution is -2.23. The van der Waals surface area contributed by atoms with Crippen LogP contribution in [0.2, 0.25) is 0 Å². The first-order chi connectivity index (χ1) is 45.8. The smallest absolute Gasteiger partial charge is 0.416 e. The molecule has 0 saturated heterocycles. The van der Waals surface area contributed by atoms with Crippen molar-refractivity contribution in [1.82, 2.24) is 5.32 Å². The van der Waals surface area contributed by atoms with Gasteiger partial charge < -0.3 is 65.5 Å². The number of hydrogen-bond donors (Lipinski definition) is 10. The van der Waals surface area contributed by atoms with Gasteiger partial charge >= 0.3 is 18.1 Å². The second-order valence-corrected chi connectivity index (χ2v) is 26.6. The number of unbranched alkanes of at least 4 members (excludes halogenated alkanes) is 3. The van der Waals surface area contributed by atoms with E-state index in [1.807, 2.05) is 75.4 Å². The van der Waals surface area contributed by atoms with Crippen LogP contribution in [0.25, 0.3) is 0 Å². The molecule has 96 heavy (non-hydrogen) atoms. The monoisotopic (exact) mass is 1350 g/mol. The predicted octanol–water partition coefficient (Wildman–Crippen LogP) is 12.0. The third-order valence-electron chi connectivity index (χ3n) is 18.1. The van der Waals surface area contributed by atoms with Crippen molar-refractivity contribution in [3.8, 4) is 5.75 Å². The summed E-state index contributed by atoms with van der Waals surface area (Å²) in [6.07, 6.45) is 19.7. The molecular formula is C77H114F3NO15. The van der Waals surface area contributed by atoms with E-state index in [1.165, 1.54) is 29.3 Å². The van der Waals surface area contributed by atoms with E-state index in [-0.39, 0.29) is 90.4 Å². The van der Waals surface area contributed by atoms with Gasteiger partial charge in [0.2, 0.25) is 5.91 Å². The van der Waals surface area contributed by atoms with E-state index in [2.05, 4.69) is 47.8 Å². The van der Waals surface area contributed by atoms with E-state index < -0.39 is 60.6 Å². The van der Waals surface area contributed by atoms with Crippen LogP contribution in [0, 0.1) is 35.5 Å². The normalized spacial score (nSPS) is 24.5. The molecule has 3 saturated carbocycles. The molecule has 15 atom stereocenters. The molecule has 3 fully saturated rings. The number of aliphatic hydroxyl groups is 9. The third-order valence-corrected chi connectivity index (χ3v) is 18.1. The van der Waals surface area contributed by atoms with E-state index >= 15 is 0 Å². The number of hydrogen-bond acceptors (Lipinski definition) is 15. The number of rotatable bonds is 38. The average Bonchev–Trinajstić information content (AvgIpc) is 1.68. The van der Waals surface area contributed by atoms with Crippen LogP contribution in [0.1, 0.15) is 186 Å². The van der Waals surface area contributed by atoms with Crippen molar-refractivity contribution in [2.45, 2.75) is 256 Å². The number of halogens is 3. The zero-order valence-corrected chi connectivity index (χ0v) is 57.3. The minimum atomic E-state index is -4.49. The first kappa shape index (κ1) is 82.7. The van der Waals surface area contributed by atoms with E-state index in [0.717, 1.165) is 63.5 Å². The van der Waals surface area contributed by atoms with Gasteiger partial charge in [0.1, 0.15) is 18.5 Å². The molecule has 3 aliphatic rings. The molecule has 16 nitrogen and oxygen atoms in total. The Morgan fingerprint density at radius 3 is 1.42 bits per heavy atom. The molecule has 3 aromatic rings. The van der Waals surface area contributed by atoms with Gasteiger partial charge in [-0.25, -0.2) is 0 Å². The SMILES string of the molecule is CC(C)OC(=O)CCC/C=C\C[C@@H]1[C@@H](/C=C/[C@@H](O)COc2cccc(C(F)(F)F)c2)[C@H](O)C[C@@H]1O.CC(C)OC(=O)CCC/C=C\C[C@@H]1[C@@H](CC[C@@H](O)CCc2ccccc2)[C@H](O)C[C@@H]1O.CCNC(=O)CCC/C=C\C[C@@H]1[C@@H](CC[C@@H](O)CCc2ccccc2)[C@H](O)C[C@@H]1O. The molecule has 0 radical (unpaired) electrons. The van der Waals surface area contributed by atoms with Gasteiger partial charge in [0.25, 0.3) is 0 Å². The Morgan fingerprint density at radius 2 is 0.969 bits per heavy atom. The Kier molecular flexibility index (Phi) is 39.4. The molecular weight excluding hydrogens is 1240 g/mol. The highest BCUT2D eigenvalue weighted by Crippen LogP contribution is 2.41. The average molecular weight is 1350 g/mol. The zero-order chi connectivity index (χ0) is 70.4. The predicted molar refractivity (Wildman–Crippen MR) is 367 cm³/mol. The topological polar surface area (TPSA) is 273 Å². The van der Waals surface area contributed by atoms with Crippen LogP contribution in [0.15, 0.2) is 134 Å². The fourth-order valence-electron chi connectivity index (χ4n) is 12.9. The van der Waals surface area contributed by atoms with Crippen LogP contribution in [-0.2, 0) is 42.9 Å². The second kappa shape index (κ2) is 45.8. The zero-order valence-electron chi connectivity index (χ0n) is 57.3. The van der Waals surface area contributed by atoms with E-state index in [9.17, 15) is 73.5 Å². The number of ether oxygens (including phenoxy) is 3. The lowest BCUT2D eigenvalue weighted by molar-refractivity contribution is -0.148. The quantitative estimate of drug-likeness (QED) is 0.0145. The van der Waals surface area contributed by atoms with Crippen molar-refractivity contribution in [2.75, 3.05) is 13.2 Å². The van der Waals surface area contributed by atoms with Gasteiger partial charge in [0.05, 0.1) is 66.6 Å². The van der Waals surface area contributed by atoms with Crippen molar-refractivity contribution >= 4 is 17.8 Å². The summed E-state index contributed by atoms with van der Waals surface area (Å²) in [6.45, 7) is 9.61. The van der Waals surface area contributed by atoms with Gasteiger partial charge in [-0.2, -0.15) is 13.2 Å². The summed E-state index contributed by atoms with van der Waals surface area (Å²) < 4.78 is 53.9. The Labute approximate surface area is 568 Å². The Bertz CT molecular complexity index is 2730. The molecule has 0 unspecified atom stereocenters. The minimum Gasteiger partial charge on any atom is -0.491 e. The lowest BCUT2D eigenvalue weighted by Gasteiger charge is -2.23. The van der Waals surface area contributed by atoms with Crippen LogP contribution >= 0.6 is 0 Å². The van der Waals surface area contributed by atoms with E-state index in [4.69, 9.17) is 14.2 Å². The molecule has 0 spiro atoms. The Hall–Kier alpha value is -5.74. The molecule has 6 rings (SSSR count). The first-order valence-electron chi connectivity index (χ1n) is 35.1. The maximum Gasteiger partial charge on any atom is 0.416 e. The molecule has 1 amide bonds. The number of esters is 2. The summed E-state index contributed by atoms with van der Waals surface area (Å²) in [5.74, 6) is -0.890. The molecule has 3 aliphatic carbocycles. The number of aryl methyl sites for hydroxylation is 2. The number of amides is 1. The van der Waals surface area contributed by atoms with Crippen molar-refractivity contribution in [1.29, 1.82) is 0 Å². The van der Waals surface area contributed by atoms with Crippen LogP contribution in [-0.4, -0.2) is 144 Å². The molecule has 10 N–H and O–H groups in total. The van der Waals surface area contributed by atoms with Gasteiger partial charge in [-0.3, -0.25) is 14.4 Å². The molecule has 0 aliphatic heterocycles. The maximum absolute atomic E-state index is 12.8. The van der Waals surface area contributed by atoms with Crippen LogP contribution in [0.5, 0.6) is 5.75 Å². The number of aliphatic hydroxyl groups excluding tert-OH is 9. The number of benzene rings is 3. The second-order valence-electron chi connectivity index (χ2n) is 26.6. The summed E-state index contributed by atoms with van der Waals surface area (Å²) in [5.41, 5.74) is 1.61. The summed E-state index contributed by atoms with van der Waals surface area (Å²) in [6, 6.07) is 24.7. The molecule has 19 heteroatoms. The van der Waals surface area contributed by atoms with Crippen LogP contribution in [0.3, 0.4) is 0 Å². The van der Waals surface area contributed by atoms with Crippen molar-refractivity contribution in [2.24, 2.45) is 35.5 Å². The Morgan fingerprint density at radius 1 is 0.542 bits per heavy atom. The first-order valence-corrected chi connectivity index (χ1v) is 35.1. The van der Waals surface area contributed by atoms with E-state index in [1.54, 1.807) is 19.9 Å². The summed E-state index contributed by atoms with van der Waals surface area (Å²) >= 11 is 0. The lowest BCUT2D eigenvalue weighted by atomic mass is 9.85. The van der Waals surface area contributed by atoms with Crippen molar-refractivity contribution in [3.05, 3.63) is 150 Å². The number of carbonyl (C=O) groups excluding carboxylic acids is 3. The Balaban J connectivity index is 0.000000307. The summed E-state index contributed by atoms with van der Waals surface area (Å²) in [4.78, 5) is 34.5. The number of alkyl halides is 3. The summed E-state index contributed by atoms with van der Waals surface area (Å²) in [5, 5.41) is 96.0. The van der Waals surface area contributed by atoms with Gasteiger partial charge in [-0.1, -0.05) is 115 Å². The van der Waals surface area contributed by atoms with Crippen molar-refractivity contribution < 1.29 is 87.7 Å². The highest BCUT2D eigenvalue weighted by molar-refractivity contribution is 5.75. The van der Waals surface area contributed by atoms with Crippen LogP contribution < -0.4 is 10.1 Å². The fraction of sp³-hybridized carbons (Fsp3) is 0.623. The molecule has 0 bridgehead atoms. The fourth-order valence-corrected chi connectivity index (χ4v) is 12.9. The highest BCUT2D eigenvalue weighted by Gasteiger charge is 2.42. The van der Waals surface area contributed by atoms with Gasteiger partial charge in [0, 0.05) is 38.1 Å². The molecule has 538 valence electrons. The molecule has 0 heterocycles. The molecule has 0 aromatic heterocycles. The summed E-state index contributed by atoms with van der Waals surface area (Å²) in [7, 11) is 0. The standard InChI is InChI=1S/C26H35F3O6.C26H40O5.C25H39NO4/c1-17(2)35-25(33)11-6-4-3-5-10-21-22(24(32)15-23(21)31)13-12-19(30)16-34-20-9-7-8-18(14-20)26(27,28)29;1-19(2)31-26(30)13-9-4-3-8-12-22-23(25(29)18-24(22)28)17-16-21(27)15-14-20-10-6-5-7-11-20;1-2-26-25(30)13-9-4-3-8-12-21-22(24(29)18-23(21)28)17-16-20(27)15-14-19-10-6-5-7-11-19/h3,5,7-9,12-14,17,19,21-24,30-32H,4,6,10-11,15-16H2,1-2H3;3,5-8,10-11,19,21-25,27-29H,4,9,12-18H2,1-2H3;3,5-8,10-11,20-24,27-29H,2,4,9,12-18H2,1H3,(H,26,30)/b5-3-,13-12+;2*8-3-/t19-,21-,22-,23+,24-;21-,22+,23+,24-,25+;20-,21+,22+,23-,24+/m100/s1. The highest BCUT2D eigenvalue weighted by atomic mass is 19.4. The van der Waals surface area contributed by atoms with Gasteiger partial charge in [0.15, 0.2) is 0 Å². The van der Waals surface area contributed by atoms with E-state index in [0.29, 0.717) is 96.4 Å². The van der Waals surface area contributed by atoms with Crippen LogP contribution in [0.4, 0.5) is 13.2 Å². The third kappa shape index (κ3) is 33.2. The minimum absolute atomic E-state index is 0.00652. The number of allylic oxidation sites excluding steroid dienone is 6. The molecule has 3 aromatic carbocycles. The number of nitrogens with one attached hydrogen (secondary N) is 1. The van der Waals surface area contributed by atoms with Gasteiger partial charge in [-0.05, 0) is 216 Å².